The maximum Gasteiger partial charge on any atom is 0.228 e. The van der Waals surface area contributed by atoms with Gasteiger partial charge in [0.15, 0.2) is 0 Å². The van der Waals surface area contributed by atoms with Gasteiger partial charge in [0.05, 0.1) is 5.69 Å². The molecule has 2 heterocycles. The average molecular weight is 265 g/mol. The summed E-state index contributed by atoms with van der Waals surface area (Å²) in [5, 5.41) is 7.58. The molecule has 0 bridgehead atoms. The third-order valence-corrected chi connectivity index (χ3v) is 4.90. The zero-order valence-electron chi connectivity index (χ0n) is 10.7. The van der Waals surface area contributed by atoms with E-state index in [-0.39, 0.29) is 11.8 Å². The first kappa shape index (κ1) is 12.1. The zero-order chi connectivity index (χ0) is 12.5. The Balaban J connectivity index is 1.74. The smallest absolute Gasteiger partial charge is 0.228 e. The van der Waals surface area contributed by atoms with E-state index in [1.165, 1.54) is 24.8 Å². The molecular formula is C13H19N3OS. The summed E-state index contributed by atoms with van der Waals surface area (Å²) in [6, 6.07) is 0. The number of amides is 1. The normalized spacial score (nSPS) is 19.8. The molecule has 1 saturated carbocycles. The molecule has 4 nitrogen and oxygen atoms in total. The van der Waals surface area contributed by atoms with Crippen LogP contribution in [-0.2, 0) is 23.3 Å². The predicted molar refractivity (Wildman–Crippen MR) is 73.4 cm³/mol. The fraction of sp³-hybridized carbons (Fsp3) is 0.692. The second kappa shape index (κ2) is 4.96. The van der Waals surface area contributed by atoms with Crippen LogP contribution in [0.3, 0.4) is 0 Å². The average Bonchev–Trinajstić information content (AvgIpc) is 2.94. The second-order valence-electron chi connectivity index (χ2n) is 5.21. The van der Waals surface area contributed by atoms with E-state index in [1.54, 1.807) is 0 Å². The standard InChI is InChI=1S/C13H19N3OS/c1-16-12(10-7-18-8-11(10)15-16)14-13(17)9-5-3-2-4-6-9/h9H,2-8H2,1H3,(H,14,17). The maximum absolute atomic E-state index is 12.3. The summed E-state index contributed by atoms with van der Waals surface area (Å²) in [5.41, 5.74) is 2.37. The molecule has 1 aliphatic heterocycles. The van der Waals surface area contributed by atoms with Crippen LogP contribution in [-0.4, -0.2) is 15.7 Å². The van der Waals surface area contributed by atoms with Gasteiger partial charge in [0.1, 0.15) is 5.82 Å². The Hall–Kier alpha value is -0.970. The minimum absolute atomic E-state index is 0.192. The highest BCUT2D eigenvalue weighted by Crippen LogP contribution is 2.34. The molecule has 0 aromatic carbocycles. The van der Waals surface area contributed by atoms with Crippen LogP contribution in [0.2, 0.25) is 0 Å². The van der Waals surface area contributed by atoms with Gasteiger partial charge >= 0.3 is 0 Å². The molecule has 0 radical (unpaired) electrons. The van der Waals surface area contributed by atoms with E-state index >= 15 is 0 Å². The van der Waals surface area contributed by atoms with E-state index in [4.69, 9.17) is 0 Å². The largest absolute Gasteiger partial charge is 0.310 e. The maximum atomic E-state index is 12.3. The fourth-order valence-electron chi connectivity index (χ4n) is 2.88. The number of hydrogen-bond donors (Lipinski definition) is 1. The Labute approximate surface area is 112 Å². The summed E-state index contributed by atoms with van der Waals surface area (Å²) in [6.07, 6.45) is 5.75. The summed E-state index contributed by atoms with van der Waals surface area (Å²) >= 11 is 1.87. The van der Waals surface area contributed by atoms with Gasteiger partial charge in [-0.2, -0.15) is 16.9 Å². The lowest BCUT2D eigenvalue weighted by Crippen LogP contribution is -2.26. The molecule has 5 heteroatoms. The highest BCUT2D eigenvalue weighted by molar-refractivity contribution is 7.98. The van der Waals surface area contributed by atoms with Crippen molar-refractivity contribution in [1.82, 2.24) is 9.78 Å². The van der Waals surface area contributed by atoms with Crippen LogP contribution in [0.25, 0.3) is 0 Å². The molecule has 1 aliphatic carbocycles. The van der Waals surface area contributed by atoms with E-state index in [2.05, 4.69) is 10.4 Å². The number of aromatic nitrogens is 2. The number of nitrogens with one attached hydrogen (secondary N) is 1. The Morgan fingerprint density at radius 1 is 1.33 bits per heavy atom. The Bertz CT molecular complexity index is 463. The molecule has 98 valence electrons. The third-order valence-electron chi connectivity index (χ3n) is 3.93. The molecule has 1 aromatic heterocycles. The number of rotatable bonds is 2. The second-order valence-corrected chi connectivity index (χ2v) is 6.20. The number of anilines is 1. The lowest BCUT2D eigenvalue weighted by atomic mass is 9.88. The van der Waals surface area contributed by atoms with Gasteiger partial charge in [-0.05, 0) is 12.8 Å². The van der Waals surface area contributed by atoms with E-state index in [1.807, 2.05) is 23.5 Å². The lowest BCUT2D eigenvalue weighted by molar-refractivity contribution is -0.120. The molecule has 0 saturated heterocycles. The van der Waals surface area contributed by atoms with Crippen molar-refractivity contribution >= 4 is 23.5 Å². The van der Waals surface area contributed by atoms with Gasteiger partial charge in [-0.25, -0.2) is 0 Å². The number of hydrogen-bond acceptors (Lipinski definition) is 3. The van der Waals surface area contributed by atoms with Crippen LogP contribution in [0.5, 0.6) is 0 Å². The molecule has 18 heavy (non-hydrogen) atoms. The summed E-state index contributed by atoms with van der Waals surface area (Å²) in [7, 11) is 1.92. The molecule has 0 unspecified atom stereocenters. The molecule has 1 amide bonds. The minimum Gasteiger partial charge on any atom is -0.310 e. The van der Waals surface area contributed by atoms with Crippen molar-refractivity contribution in [1.29, 1.82) is 0 Å². The number of carbonyl (C=O) groups is 1. The van der Waals surface area contributed by atoms with Gasteiger partial charge in [-0.3, -0.25) is 9.48 Å². The van der Waals surface area contributed by atoms with Gasteiger partial charge in [0.2, 0.25) is 5.91 Å². The fourth-order valence-corrected chi connectivity index (χ4v) is 3.92. The summed E-state index contributed by atoms with van der Waals surface area (Å²) in [5.74, 6) is 3.27. The van der Waals surface area contributed by atoms with Gasteiger partial charge in [-0.1, -0.05) is 19.3 Å². The van der Waals surface area contributed by atoms with Gasteiger partial charge < -0.3 is 5.32 Å². The lowest BCUT2D eigenvalue weighted by Gasteiger charge is -2.21. The van der Waals surface area contributed by atoms with E-state index in [9.17, 15) is 4.79 Å². The van der Waals surface area contributed by atoms with Crippen LogP contribution >= 0.6 is 11.8 Å². The number of fused-ring (bicyclic) bond motifs is 1. The molecule has 3 rings (SSSR count). The first-order chi connectivity index (χ1) is 8.75. The summed E-state index contributed by atoms with van der Waals surface area (Å²) in [6.45, 7) is 0. The highest BCUT2D eigenvalue weighted by Gasteiger charge is 2.26. The van der Waals surface area contributed by atoms with Crippen LogP contribution < -0.4 is 5.32 Å². The zero-order valence-corrected chi connectivity index (χ0v) is 11.6. The quantitative estimate of drug-likeness (QED) is 0.894. The molecule has 2 aliphatic rings. The van der Waals surface area contributed by atoms with Crippen molar-refractivity contribution in [2.45, 2.75) is 43.6 Å². The van der Waals surface area contributed by atoms with E-state index in [0.717, 1.165) is 35.9 Å². The SMILES string of the molecule is Cn1nc2c(c1NC(=O)C1CCCCC1)CSC2. The minimum atomic E-state index is 0.192. The summed E-state index contributed by atoms with van der Waals surface area (Å²) in [4.78, 5) is 12.3. The predicted octanol–water partition coefficient (Wildman–Crippen LogP) is 2.69. The first-order valence-electron chi connectivity index (χ1n) is 6.69. The number of nitrogens with zero attached hydrogens (tertiary/aromatic N) is 2. The van der Waals surface area contributed by atoms with Gasteiger partial charge in [-0.15, -0.1) is 0 Å². The molecule has 1 fully saturated rings. The van der Waals surface area contributed by atoms with E-state index in [0.29, 0.717) is 0 Å². The molecule has 1 N–H and O–H groups in total. The Kier molecular flexibility index (Phi) is 3.33. The molecule has 0 atom stereocenters. The molecule has 1 aromatic rings. The van der Waals surface area contributed by atoms with Gasteiger partial charge in [0, 0.05) is 30.0 Å². The Morgan fingerprint density at radius 2 is 2.11 bits per heavy atom. The van der Waals surface area contributed by atoms with Crippen LogP contribution in [0, 0.1) is 5.92 Å². The molecular weight excluding hydrogens is 246 g/mol. The molecule has 0 spiro atoms. The first-order valence-corrected chi connectivity index (χ1v) is 7.84. The number of aryl methyl sites for hydroxylation is 1. The highest BCUT2D eigenvalue weighted by atomic mass is 32.2. The topological polar surface area (TPSA) is 46.9 Å². The van der Waals surface area contributed by atoms with Crippen LogP contribution in [0.4, 0.5) is 5.82 Å². The van der Waals surface area contributed by atoms with Gasteiger partial charge in [0.25, 0.3) is 0 Å². The van der Waals surface area contributed by atoms with Crippen molar-refractivity contribution in [3.8, 4) is 0 Å². The van der Waals surface area contributed by atoms with Crippen molar-refractivity contribution in [3.63, 3.8) is 0 Å². The third kappa shape index (κ3) is 2.16. The van der Waals surface area contributed by atoms with E-state index < -0.39 is 0 Å². The van der Waals surface area contributed by atoms with Crippen molar-refractivity contribution in [2.24, 2.45) is 13.0 Å². The van der Waals surface area contributed by atoms with Crippen molar-refractivity contribution in [3.05, 3.63) is 11.3 Å². The van der Waals surface area contributed by atoms with Crippen LogP contribution in [0.1, 0.15) is 43.4 Å². The number of carbonyl (C=O) groups excluding carboxylic acids is 1. The number of thioether (sulfide) groups is 1. The van der Waals surface area contributed by atoms with Crippen LogP contribution in [0.15, 0.2) is 0 Å². The van der Waals surface area contributed by atoms with Crippen molar-refractivity contribution < 1.29 is 4.79 Å². The Morgan fingerprint density at radius 3 is 2.89 bits per heavy atom. The van der Waals surface area contributed by atoms with Crippen molar-refractivity contribution in [2.75, 3.05) is 5.32 Å². The monoisotopic (exact) mass is 265 g/mol. The summed E-state index contributed by atoms with van der Waals surface area (Å²) < 4.78 is 1.82.